The minimum atomic E-state index is -0.408. The van der Waals surface area contributed by atoms with Crippen molar-refractivity contribution in [3.63, 3.8) is 0 Å². The molecule has 1 amide bonds. The van der Waals surface area contributed by atoms with E-state index in [4.69, 9.17) is 4.74 Å². The smallest absolute Gasteiger partial charge is 0.253 e. The Balaban J connectivity index is 1.49. The standard InChI is InChI=1S/C19H19F2NO2/c20-16-5-3-4-15(12-16)19(23)22-10-8-14(13-22)9-11-24-18-7-2-1-6-17(18)21/h1-7,12,14H,8-11,13H2. The van der Waals surface area contributed by atoms with Crippen LogP contribution in [0.2, 0.25) is 0 Å². The number of carbonyl (C=O) groups excluding carboxylic acids is 1. The number of rotatable bonds is 5. The fourth-order valence-corrected chi connectivity index (χ4v) is 2.95. The number of carbonyl (C=O) groups is 1. The number of para-hydroxylation sites is 1. The highest BCUT2D eigenvalue weighted by atomic mass is 19.1. The molecule has 2 aromatic rings. The van der Waals surface area contributed by atoms with Crippen LogP contribution in [0.5, 0.6) is 5.75 Å². The molecule has 1 saturated heterocycles. The van der Waals surface area contributed by atoms with Crippen molar-refractivity contribution >= 4 is 5.91 Å². The van der Waals surface area contributed by atoms with Crippen LogP contribution in [0.4, 0.5) is 8.78 Å². The predicted molar refractivity (Wildman–Crippen MR) is 86.9 cm³/mol. The lowest BCUT2D eigenvalue weighted by Gasteiger charge is -2.17. The van der Waals surface area contributed by atoms with Gasteiger partial charge in [0.05, 0.1) is 6.61 Å². The van der Waals surface area contributed by atoms with Gasteiger partial charge in [0.15, 0.2) is 11.6 Å². The second kappa shape index (κ2) is 7.43. The average Bonchev–Trinajstić information content (AvgIpc) is 3.05. The van der Waals surface area contributed by atoms with Crippen LogP contribution in [-0.4, -0.2) is 30.5 Å². The summed E-state index contributed by atoms with van der Waals surface area (Å²) >= 11 is 0. The summed E-state index contributed by atoms with van der Waals surface area (Å²) in [5.74, 6) is -0.355. The molecule has 3 rings (SSSR count). The number of hydrogen-bond acceptors (Lipinski definition) is 2. The van der Waals surface area contributed by atoms with Gasteiger partial charge in [-0.15, -0.1) is 0 Å². The third kappa shape index (κ3) is 3.91. The summed E-state index contributed by atoms with van der Waals surface area (Å²) in [5.41, 5.74) is 0.373. The van der Waals surface area contributed by atoms with Gasteiger partial charge >= 0.3 is 0 Å². The Kier molecular flexibility index (Phi) is 5.08. The largest absolute Gasteiger partial charge is 0.491 e. The van der Waals surface area contributed by atoms with E-state index in [1.54, 1.807) is 35.2 Å². The Hall–Kier alpha value is -2.43. The summed E-state index contributed by atoms with van der Waals surface area (Å²) in [6.07, 6.45) is 1.63. The van der Waals surface area contributed by atoms with Crippen LogP contribution in [0.25, 0.3) is 0 Å². The first-order valence-electron chi connectivity index (χ1n) is 8.05. The van der Waals surface area contributed by atoms with Gasteiger partial charge in [-0.3, -0.25) is 4.79 Å². The molecule has 0 radical (unpaired) electrons. The summed E-state index contributed by atoms with van der Waals surface area (Å²) in [6, 6.07) is 12.1. The number of nitrogens with zero attached hydrogens (tertiary/aromatic N) is 1. The quantitative estimate of drug-likeness (QED) is 0.832. The van der Waals surface area contributed by atoms with Crippen LogP contribution in [0, 0.1) is 17.6 Å². The zero-order valence-corrected chi connectivity index (χ0v) is 13.3. The SMILES string of the molecule is O=C(c1cccc(F)c1)N1CCC(CCOc2ccccc2F)C1. The molecule has 0 saturated carbocycles. The maximum absolute atomic E-state index is 13.5. The Morgan fingerprint density at radius 1 is 1.17 bits per heavy atom. The van der Waals surface area contributed by atoms with E-state index in [1.165, 1.54) is 18.2 Å². The van der Waals surface area contributed by atoms with Crippen molar-refractivity contribution in [1.82, 2.24) is 4.90 Å². The molecule has 1 aliphatic heterocycles. The van der Waals surface area contributed by atoms with Crippen LogP contribution in [0.1, 0.15) is 23.2 Å². The van der Waals surface area contributed by atoms with Crippen molar-refractivity contribution in [2.24, 2.45) is 5.92 Å². The lowest BCUT2D eigenvalue weighted by molar-refractivity contribution is 0.0784. The molecule has 1 fully saturated rings. The molecule has 1 atom stereocenters. The molecule has 2 aromatic carbocycles. The molecule has 5 heteroatoms. The molecule has 1 unspecified atom stereocenters. The van der Waals surface area contributed by atoms with Crippen molar-refractivity contribution in [2.45, 2.75) is 12.8 Å². The van der Waals surface area contributed by atoms with Gasteiger partial charge < -0.3 is 9.64 Å². The Labute approximate surface area is 139 Å². The van der Waals surface area contributed by atoms with Gasteiger partial charge in [0.1, 0.15) is 5.82 Å². The normalized spacial score (nSPS) is 17.1. The van der Waals surface area contributed by atoms with Crippen LogP contribution >= 0.6 is 0 Å². The lowest BCUT2D eigenvalue weighted by Crippen LogP contribution is -2.29. The third-order valence-electron chi connectivity index (χ3n) is 4.26. The average molecular weight is 331 g/mol. The molecule has 0 aromatic heterocycles. The summed E-state index contributed by atoms with van der Waals surface area (Å²) in [7, 11) is 0. The van der Waals surface area contributed by atoms with Gasteiger partial charge in [0.25, 0.3) is 5.91 Å². The van der Waals surface area contributed by atoms with Crippen molar-refractivity contribution in [3.05, 3.63) is 65.7 Å². The zero-order chi connectivity index (χ0) is 16.9. The number of benzene rings is 2. The lowest BCUT2D eigenvalue weighted by atomic mass is 10.1. The Bertz CT molecular complexity index is 720. The maximum atomic E-state index is 13.5. The van der Waals surface area contributed by atoms with Gasteiger partial charge in [0.2, 0.25) is 0 Å². The number of ether oxygens (including phenoxy) is 1. The van der Waals surface area contributed by atoms with Crippen LogP contribution in [0.3, 0.4) is 0 Å². The van der Waals surface area contributed by atoms with Crippen LogP contribution in [-0.2, 0) is 0 Å². The van der Waals surface area contributed by atoms with E-state index >= 15 is 0 Å². The maximum Gasteiger partial charge on any atom is 0.253 e. The Morgan fingerprint density at radius 3 is 2.79 bits per heavy atom. The molecule has 24 heavy (non-hydrogen) atoms. The minimum Gasteiger partial charge on any atom is -0.491 e. The van der Waals surface area contributed by atoms with Gasteiger partial charge in [-0.25, -0.2) is 8.78 Å². The second-order valence-electron chi connectivity index (χ2n) is 5.98. The van der Waals surface area contributed by atoms with E-state index in [0.717, 1.165) is 12.8 Å². The molecule has 0 aliphatic carbocycles. The first-order chi connectivity index (χ1) is 11.6. The molecular weight excluding hydrogens is 312 g/mol. The van der Waals surface area contributed by atoms with Crippen LogP contribution < -0.4 is 4.74 Å². The molecule has 0 bridgehead atoms. The number of hydrogen-bond donors (Lipinski definition) is 0. The topological polar surface area (TPSA) is 29.5 Å². The van der Waals surface area contributed by atoms with E-state index < -0.39 is 5.82 Å². The molecule has 0 spiro atoms. The van der Waals surface area contributed by atoms with Crippen molar-refractivity contribution in [1.29, 1.82) is 0 Å². The number of halogens is 2. The van der Waals surface area contributed by atoms with Gasteiger partial charge in [-0.05, 0) is 49.1 Å². The zero-order valence-electron chi connectivity index (χ0n) is 13.3. The third-order valence-corrected chi connectivity index (χ3v) is 4.26. The molecule has 0 N–H and O–H groups in total. The van der Waals surface area contributed by atoms with E-state index in [2.05, 4.69) is 0 Å². The summed E-state index contributed by atoms with van der Waals surface area (Å²) in [6.45, 7) is 1.68. The predicted octanol–water partition coefficient (Wildman–Crippen LogP) is 3.90. The summed E-state index contributed by atoms with van der Waals surface area (Å²) < 4.78 is 32.2. The highest BCUT2D eigenvalue weighted by Gasteiger charge is 2.27. The van der Waals surface area contributed by atoms with Crippen LogP contribution in [0.15, 0.2) is 48.5 Å². The summed E-state index contributed by atoms with van der Waals surface area (Å²) in [5, 5.41) is 0. The Morgan fingerprint density at radius 2 is 2.00 bits per heavy atom. The summed E-state index contributed by atoms with van der Waals surface area (Å²) in [4.78, 5) is 14.1. The van der Waals surface area contributed by atoms with Crippen molar-refractivity contribution in [3.8, 4) is 5.75 Å². The van der Waals surface area contributed by atoms with E-state index in [1.807, 2.05) is 0 Å². The van der Waals surface area contributed by atoms with E-state index in [0.29, 0.717) is 31.2 Å². The first kappa shape index (κ1) is 16.4. The minimum absolute atomic E-state index is 0.146. The van der Waals surface area contributed by atoms with E-state index in [-0.39, 0.29) is 17.5 Å². The number of amides is 1. The highest BCUT2D eigenvalue weighted by molar-refractivity contribution is 5.94. The highest BCUT2D eigenvalue weighted by Crippen LogP contribution is 2.23. The molecule has 126 valence electrons. The monoisotopic (exact) mass is 331 g/mol. The van der Waals surface area contributed by atoms with Crippen molar-refractivity contribution < 1.29 is 18.3 Å². The van der Waals surface area contributed by atoms with Crippen molar-refractivity contribution in [2.75, 3.05) is 19.7 Å². The molecule has 3 nitrogen and oxygen atoms in total. The fraction of sp³-hybridized carbons (Fsp3) is 0.316. The molecule has 1 aliphatic rings. The molecular formula is C19H19F2NO2. The van der Waals surface area contributed by atoms with Gasteiger partial charge in [0, 0.05) is 18.7 Å². The molecule has 1 heterocycles. The van der Waals surface area contributed by atoms with Gasteiger partial charge in [-0.2, -0.15) is 0 Å². The number of likely N-dealkylation sites (tertiary alicyclic amines) is 1. The first-order valence-corrected chi connectivity index (χ1v) is 8.05. The fourth-order valence-electron chi connectivity index (χ4n) is 2.95. The van der Waals surface area contributed by atoms with Gasteiger partial charge in [-0.1, -0.05) is 18.2 Å². The van der Waals surface area contributed by atoms with E-state index in [9.17, 15) is 13.6 Å². The second-order valence-corrected chi connectivity index (χ2v) is 5.98.